The van der Waals surface area contributed by atoms with Crippen LogP contribution in [0.25, 0.3) is 0 Å². The summed E-state index contributed by atoms with van der Waals surface area (Å²) in [6.45, 7) is 1.93. The summed E-state index contributed by atoms with van der Waals surface area (Å²) in [5.41, 5.74) is 5.38. The van der Waals surface area contributed by atoms with Gasteiger partial charge < -0.3 is 46.8 Å². The van der Waals surface area contributed by atoms with Gasteiger partial charge in [0, 0.05) is 18.9 Å². The lowest BCUT2D eigenvalue weighted by Gasteiger charge is -2.37. The van der Waals surface area contributed by atoms with E-state index in [2.05, 4.69) is 15.9 Å². The zero-order valence-corrected chi connectivity index (χ0v) is 16.2. The van der Waals surface area contributed by atoms with Crippen LogP contribution in [0.2, 0.25) is 6.82 Å². The molecule has 1 fully saturated rings. The normalized spacial score (nSPS) is 26.5. The highest BCUT2D eigenvalue weighted by Crippen LogP contribution is 2.38. The largest absolute Gasteiger partial charge is 0.481 e. The van der Waals surface area contributed by atoms with Crippen molar-refractivity contribution >= 4 is 31.3 Å². The Labute approximate surface area is 167 Å². The molecule has 2 amide bonds. The molecule has 0 unspecified atom stereocenters. The first-order valence-electron chi connectivity index (χ1n) is 9.05. The van der Waals surface area contributed by atoms with Crippen molar-refractivity contribution < 1.29 is 39.5 Å². The third-order valence-electron chi connectivity index (χ3n) is 4.70. The molecule has 1 aliphatic carbocycles. The molecule has 0 bridgehead atoms. The minimum atomic E-state index is -1.72. The first-order valence-corrected chi connectivity index (χ1v) is 9.05. The Bertz CT molecular complexity index is 624. The second kappa shape index (κ2) is 10.8. The van der Waals surface area contributed by atoms with Crippen LogP contribution >= 0.6 is 0 Å². The molecular weight excluding hydrogens is 389 g/mol. The number of nitrogens with two attached hydrogens (primary N) is 1. The van der Waals surface area contributed by atoms with Crippen LogP contribution in [0.1, 0.15) is 13.3 Å². The molecule has 0 spiro atoms. The van der Waals surface area contributed by atoms with Gasteiger partial charge in [-0.05, 0) is 6.42 Å². The standard InChI is InChI=1S/C15H28BN5O8/c1-5(23)19-10(11(25)8(24)4-22)9-7(20-14(17)18)3-6(13(26)27)12(9)29-15(28)21-16-2/h6-12,16,22,24-25H,3-4H2,1-2H3,(H,19,23)(H,21,28)(H,26,27)(H4,17,18,20)/t6-,7+,8-,9+,10-,11-,12+/m0/s1. The summed E-state index contributed by atoms with van der Waals surface area (Å²) in [5.74, 6) is -4.74. The van der Waals surface area contributed by atoms with E-state index in [1.165, 1.54) is 0 Å². The van der Waals surface area contributed by atoms with Crippen LogP contribution in [0.15, 0.2) is 0 Å². The second-order valence-electron chi connectivity index (χ2n) is 6.79. The van der Waals surface area contributed by atoms with E-state index < -0.39 is 72.8 Å². The van der Waals surface area contributed by atoms with Gasteiger partial charge in [-0.25, -0.2) is 4.79 Å². The van der Waals surface area contributed by atoms with Gasteiger partial charge in [0.15, 0.2) is 5.96 Å². The first kappa shape index (κ1) is 24.5. The topological polar surface area (TPSA) is 227 Å². The number of amides is 2. The molecule has 0 heterocycles. The van der Waals surface area contributed by atoms with E-state index in [0.29, 0.717) is 0 Å². The SMILES string of the molecule is CBNC(=O)O[C@H]1[C@@H]([C@H](NC(C)=O)[C@@H](O)[C@@H](O)CO)[C@H](NC(=N)N)C[C@@H]1C(=O)O. The monoisotopic (exact) mass is 417 g/mol. The second-order valence-corrected chi connectivity index (χ2v) is 6.79. The fraction of sp³-hybridized carbons (Fsp3) is 0.733. The third kappa shape index (κ3) is 6.47. The van der Waals surface area contributed by atoms with E-state index in [4.69, 9.17) is 15.9 Å². The summed E-state index contributed by atoms with van der Waals surface area (Å²) in [7, 11) is 0.212. The Morgan fingerprint density at radius 3 is 2.41 bits per heavy atom. The minimum absolute atomic E-state index is 0.137. The number of ether oxygens (including phenoxy) is 1. The molecule has 0 aromatic heterocycles. The van der Waals surface area contributed by atoms with Gasteiger partial charge in [0.2, 0.25) is 13.3 Å². The molecule has 1 aliphatic rings. The van der Waals surface area contributed by atoms with Crippen LogP contribution in [0, 0.1) is 17.2 Å². The molecule has 13 nitrogen and oxygen atoms in total. The van der Waals surface area contributed by atoms with Crippen LogP contribution in [-0.2, 0) is 14.3 Å². The maximum atomic E-state index is 12.0. The summed E-state index contributed by atoms with van der Waals surface area (Å²) in [6, 6.07) is -2.22. The number of carbonyl (C=O) groups is 3. The number of hydrogen-bond donors (Lipinski definition) is 9. The third-order valence-corrected chi connectivity index (χ3v) is 4.70. The summed E-state index contributed by atoms with van der Waals surface area (Å²) in [4.78, 5) is 35.5. The van der Waals surface area contributed by atoms with Crippen molar-refractivity contribution in [2.45, 2.75) is 50.6 Å². The quantitative estimate of drug-likeness (QED) is 0.101. The lowest BCUT2D eigenvalue weighted by atomic mass is 9.85. The number of aliphatic hydroxyl groups excluding tert-OH is 3. The molecule has 29 heavy (non-hydrogen) atoms. The van der Waals surface area contributed by atoms with Gasteiger partial charge >= 0.3 is 12.1 Å². The van der Waals surface area contributed by atoms with Crippen LogP contribution in [0.4, 0.5) is 4.79 Å². The lowest BCUT2D eigenvalue weighted by molar-refractivity contribution is -0.145. The molecule has 7 atom stereocenters. The van der Waals surface area contributed by atoms with Gasteiger partial charge in [0.1, 0.15) is 18.3 Å². The van der Waals surface area contributed by atoms with Gasteiger partial charge in [-0.1, -0.05) is 6.82 Å². The van der Waals surface area contributed by atoms with Gasteiger partial charge in [-0.3, -0.25) is 15.0 Å². The molecular formula is C15H28BN5O8. The number of carboxylic acid groups (broad SMARTS) is 1. The Balaban J connectivity index is 3.41. The summed E-state index contributed by atoms with van der Waals surface area (Å²) >= 11 is 0. The van der Waals surface area contributed by atoms with E-state index in [0.717, 1.165) is 6.92 Å². The highest BCUT2D eigenvalue weighted by Gasteiger charge is 2.54. The number of aliphatic carboxylic acids is 1. The average Bonchev–Trinajstić information content (AvgIpc) is 2.95. The number of nitrogens with one attached hydrogen (secondary N) is 4. The van der Waals surface area contributed by atoms with Gasteiger partial charge in [0.25, 0.3) is 0 Å². The van der Waals surface area contributed by atoms with Crippen LogP contribution in [0.5, 0.6) is 0 Å². The molecule has 164 valence electrons. The maximum Gasteiger partial charge on any atom is 0.394 e. The Morgan fingerprint density at radius 1 is 1.34 bits per heavy atom. The van der Waals surface area contributed by atoms with Crippen molar-refractivity contribution in [3.05, 3.63) is 0 Å². The minimum Gasteiger partial charge on any atom is -0.481 e. The van der Waals surface area contributed by atoms with Gasteiger partial charge in [-0.15, -0.1) is 0 Å². The summed E-state index contributed by atoms with van der Waals surface area (Å²) in [5, 5.41) is 54.0. The number of hydrogen-bond acceptors (Lipinski definition) is 8. The van der Waals surface area contributed by atoms with E-state index in [1.54, 1.807) is 6.82 Å². The fourth-order valence-electron chi connectivity index (χ4n) is 3.57. The van der Waals surface area contributed by atoms with Crippen LogP contribution in [0.3, 0.4) is 0 Å². The first-order chi connectivity index (χ1) is 13.5. The smallest absolute Gasteiger partial charge is 0.394 e. The fourth-order valence-corrected chi connectivity index (χ4v) is 3.57. The zero-order valence-electron chi connectivity index (χ0n) is 16.2. The number of carboxylic acids is 1. The predicted octanol–water partition coefficient (Wildman–Crippen LogP) is -3.73. The number of guanidine groups is 1. The van der Waals surface area contributed by atoms with Gasteiger partial charge in [0.05, 0.1) is 18.6 Å². The van der Waals surface area contributed by atoms with E-state index in [9.17, 15) is 34.8 Å². The molecule has 1 rings (SSSR count). The highest BCUT2D eigenvalue weighted by atomic mass is 16.6. The maximum absolute atomic E-state index is 12.0. The molecule has 0 saturated heterocycles. The average molecular weight is 417 g/mol. The Morgan fingerprint density at radius 2 is 1.97 bits per heavy atom. The zero-order chi connectivity index (χ0) is 22.3. The molecule has 1 saturated carbocycles. The van der Waals surface area contributed by atoms with Gasteiger partial charge in [-0.2, -0.15) is 0 Å². The molecule has 10 N–H and O–H groups in total. The predicted molar refractivity (Wildman–Crippen MR) is 101 cm³/mol. The number of rotatable bonds is 9. The Hall–Kier alpha value is -2.58. The van der Waals surface area contributed by atoms with E-state index >= 15 is 0 Å². The molecule has 0 aromatic carbocycles. The highest BCUT2D eigenvalue weighted by molar-refractivity contribution is 6.34. The molecule has 0 radical (unpaired) electrons. The van der Waals surface area contributed by atoms with E-state index in [-0.39, 0.29) is 13.8 Å². The van der Waals surface area contributed by atoms with Crippen LogP contribution < -0.4 is 21.6 Å². The molecule has 0 aliphatic heterocycles. The summed E-state index contributed by atoms with van der Waals surface area (Å²) < 4.78 is 5.29. The van der Waals surface area contributed by atoms with Crippen molar-refractivity contribution in [3.8, 4) is 0 Å². The molecule has 0 aromatic rings. The van der Waals surface area contributed by atoms with Crippen molar-refractivity contribution in [1.82, 2.24) is 15.9 Å². The van der Waals surface area contributed by atoms with Crippen molar-refractivity contribution in [3.63, 3.8) is 0 Å². The van der Waals surface area contributed by atoms with Crippen molar-refractivity contribution in [2.24, 2.45) is 17.6 Å². The lowest BCUT2D eigenvalue weighted by Crippen LogP contribution is -2.60. The Kier molecular flexibility index (Phi) is 9.14. The number of carbonyl (C=O) groups excluding carboxylic acids is 2. The summed E-state index contributed by atoms with van der Waals surface area (Å²) in [6.07, 6.45) is -5.78. The van der Waals surface area contributed by atoms with Crippen molar-refractivity contribution in [2.75, 3.05) is 6.61 Å². The molecule has 14 heteroatoms. The number of aliphatic hydroxyl groups is 3. The van der Waals surface area contributed by atoms with Crippen LogP contribution in [-0.4, -0.2) is 88.8 Å². The van der Waals surface area contributed by atoms with E-state index in [1.807, 2.05) is 0 Å². The van der Waals surface area contributed by atoms with Crippen molar-refractivity contribution in [1.29, 1.82) is 5.41 Å².